The van der Waals surface area contributed by atoms with Gasteiger partial charge in [-0.2, -0.15) is 0 Å². The topological polar surface area (TPSA) is 41.6 Å². The highest BCUT2D eigenvalue weighted by atomic mass is 19.1. The van der Waals surface area contributed by atoms with Gasteiger partial charge in [0.2, 0.25) is 0 Å². The summed E-state index contributed by atoms with van der Waals surface area (Å²) in [6.07, 6.45) is 3.48. The number of rotatable bonds is 6. The predicted molar refractivity (Wildman–Crippen MR) is 73.8 cm³/mol. The summed E-state index contributed by atoms with van der Waals surface area (Å²) in [7, 11) is 1.78. The van der Waals surface area contributed by atoms with Crippen LogP contribution in [0.4, 0.5) is 8.78 Å². The fourth-order valence-electron chi connectivity index (χ4n) is 1.93. The fourth-order valence-corrected chi connectivity index (χ4v) is 1.93. The van der Waals surface area contributed by atoms with Crippen molar-refractivity contribution in [3.8, 4) is 0 Å². The fraction of sp³-hybridized carbons (Fsp3) is 0.357. The van der Waals surface area contributed by atoms with Gasteiger partial charge < -0.3 is 10.6 Å². The van der Waals surface area contributed by atoms with Crippen molar-refractivity contribution in [3.63, 3.8) is 0 Å². The van der Waals surface area contributed by atoms with Gasteiger partial charge in [-0.3, -0.25) is 0 Å². The van der Waals surface area contributed by atoms with Gasteiger partial charge in [0.1, 0.15) is 11.6 Å². The molecule has 1 atom stereocenters. The van der Waals surface area contributed by atoms with E-state index in [0.29, 0.717) is 18.5 Å². The molecule has 3 nitrogen and oxygen atoms in total. The summed E-state index contributed by atoms with van der Waals surface area (Å²) in [5, 5.41) is 0. The molecule has 0 amide bonds. The highest BCUT2D eigenvalue weighted by Gasteiger charge is 2.29. The molecule has 0 aromatic heterocycles. The highest BCUT2D eigenvalue weighted by molar-refractivity contribution is 5.55. The first-order chi connectivity index (χ1) is 8.92. The molecule has 1 unspecified atom stereocenters. The van der Waals surface area contributed by atoms with E-state index in [1.54, 1.807) is 18.3 Å². The Balaban J connectivity index is 3.02. The number of aliphatic imine (C=N–C) groups is 1. The van der Waals surface area contributed by atoms with Crippen LogP contribution in [0.15, 0.2) is 36.0 Å². The Morgan fingerprint density at radius 1 is 1.47 bits per heavy atom. The molecule has 0 saturated heterocycles. The molecule has 104 valence electrons. The third kappa shape index (κ3) is 3.86. The molecule has 5 heteroatoms. The molecule has 0 bridgehead atoms. The number of likely N-dealkylation sites (N-methyl/N-ethyl adjacent to an activating group) is 1. The van der Waals surface area contributed by atoms with Gasteiger partial charge in [-0.15, -0.1) is 0 Å². The smallest absolute Gasteiger partial charge is 0.131 e. The maximum atomic E-state index is 13.8. The van der Waals surface area contributed by atoms with Crippen LogP contribution in [-0.4, -0.2) is 24.8 Å². The Bertz CT molecular complexity index is 474. The summed E-state index contributed by atoms with van der Waals surface area (Å²) >= 11 is 0. The summed E-state index contributed by atoms with van der Waals surface area (Å²) in [6.45, 7) is 5.70. The van der Waals surface area contributed by atoms with Crippen LogP contribution in [0.5, 0.6) is 0 Å². The van der Waals surface area contributed by atoms with E-state index in [-0.39, 0.29) is 0 Å². The standard InChI is InChI=1S/C14H19F2N3/c1-4-14(17,9-19(3)10-18-5-2)12-7-6-11(15)8-13(12)16/h5-8,10H,2,4,9,17H2,1,3H3. The molecule has 0 aliphatic carbocycles. The van der Waals surface area contributed by atoms with Gasteiger partial charge in [0.15, 0.2) is 0 Å². The molecule has 0 aliphatic rings. The lowest BCUT2D eigenvalue weighted by molar-refractivity contribution is 0.317. The van der Waals surface area contributed by atoms with E-state index in [1.807, 2.05) is 6.92 Å². The van der Waals surface area contributed by atoms with E-state index in [0.717, 1.165) is 6.07 Å². The minimum absolute atomic E-state index is 0.301. The van der Waals surface area contributed by atoms with Crippen LogP contribution in [-0.2, 0) is 5.54 Å². The van der Waals surface area contributed by atoms with Crippen molar-refractivity contribution in [1.82, 2.24) is 4.90 Å². The second-order valence-corrected chi connectivity index (χ2v) is 4.50. The van der Waals surface area contributed by atoms with E-state index in [9.17, 15) is 8.78 Å². The maximum Gasteiger partial charge on any atom is 0.131 e. The summed E-state index contributed by atoms with van der Waals surface area (Å²) in [6, 6.07) is 3.46. The Morgan fingerprint density at radius 3 is 2.68 bits per heavy atom. The third-order valence-corrected chi connectivity index (χ3v) is 3.00. The summed E-state index contributed by atoms with van der Waals surface area (Å²) in [4.78, 5) is 5.62. The molecule has 0 fully saturated rings. The van der Waals surface area contributed by atoms with E-state index in [1.165, 1.54) is 18.3 Å². The lowest BCUT2D eigenvalue weighted by Crippen LogP contribution is -2.46. The van der Waals surface area contributed by atoms with Gasteiger partial charge in [-0.25, -0.2) is 13.8 Å². The Morgan fingerprint density at radius 2 is 2.16 bits per heavy atom. The summed E-state index contributed by atoms with van der Waals surface area (Å²) in [5.74, 6) is -1.24. The van der Waals surface area contributed by atoms with Crippen molar-refractivity contribution in [2.45, 2.75) is 18.9 Å². The van der Waals surface area contributed by atoms with Crippen molar-refractivity contribution in [2.24, 2.45) is 10.7 Å². The number of hydrogen-bond donors (Lipinski definition) is 1. The third-order valence-electron chi connectivity index (χ3n) is 3.00. The van der Waals surface area contributed by atoms with E-state index in [2.05, 4.69) is 11.6 Å². The molecule has 0 aliphatic heterocycles. The molecule has 0 radical (unpaired) electrons. The summed E-state index contributed by atoms with van der Waals surface area (Å²) in [5.41, 5.74) is 5.65. The van der Waals surface area contributed by atoms with Gasteiger partial charge in [-0.05, 0) is 12.5 Å². The van der Waals surface area contributed by atoms with E-state index < -0.39 is 17.2 Å². The van der Waals surface area contributed by atoms with Gasteiger partial charge in [0.25, 0.3) is 0 Å². The van der Waals surface area contributed by atoms with Crippen molar-refractivity contribution < 1.29 is 8.78 Å². The first-order valence-electron chi connectivity index (χ1n) is 6.02. The molecular weight excluding hydrogens is 248 g/mol. The first kappa shape index (κ1) is 15.3. The lowest BCUT2D eigenvalue weighted by atomic mass is 9.87. The van der Waals surface area contributed by atoms with Crippen molar-refractivity contribution in [1.29, 1.82) is 0 Å². The monoisotopic (exact) mass is 267 g/mol. The molecule has 19 heavy (non-hydrogen) atoms. The number of nitrogens with two attached hydrogens (primary N) is 1. The Kier molecular flexibility index (Phi) is 5.18. The van der Waals surface area contributed by atoms with Crippen molar-refractivity contribution >= 4 is 6.34 Å². The molecular formula is C14H19F2N3. The minimum Gasteiger partial charge on any atom is -0.363 e. The van der Waals surface area contributed by atoms with Crippen LogP contribution < -0.4 is 5.73 Å². The average Bonchev–Trinajstić information content (AvgIpc) is 2.36. The zero-order chi connectivity index (χ0) is 14.5. The maximum absolute atomic E-state index is 13.8. The first-order valence-corrected chi connectivity index (χ1v) is 6.02. The normalized spacial score (nSPS) is 14.4. The number of halogens is 2. The predicted octanol–water partition coefficient (Wildman–Crippen LogP) is 2.63. The molecule has 1 aromatic rings. The SMILES string of the molecule is C=CN=CN(C)CC(N)(CC)c1ccc(F)cc1F. The highest BCUT2D eigenvalue weighted by Crippen LogP contribution is 2.26. The molecule has 0 spiro atoms. The van der Waals surface area contributed by atoms with Crippen LogP contribution in [0.2, 0.25) is 0 Å². The molecule has 1 aromatic carbocycles. The Hall–Kier alpha value is -1.75. The van der Waals surface area contributed by atoms with Crippen LogP contribution in [0, 0.1) is 11.6 Å². The van der Waals surface area contributed by atoms with E-state index >= 15 is 0 Å². The van der Waals surface area contributed by atoms with E-state index in [4.69, 9.17) is 5.73 Å². The quantitative estimate of drug-likeness (QED) is 0.636. The van der Waals surface area contributed by atoms with Gasteiger partial charge in [0, 0.05) is 31.4 Å². The van der Waals surface area contributed by atoms with Gasteiger partial charge in [0.05, 0.1) is 11.9 Å². The average molecular weight is 267 g/mol. The van der Waals surface area contributed by atoms with Gasteiger partial charge >= 0.3 is 0 Å². The zero-order valence-electron chi connectivity index (χ0n) is 11.2. The van der Waals surface area contributed by atoms with Crippen molar-refractivity contribution in [3.05, 3.63) is 48.2 Å². The number of hydrogen-bond acceptors (Lipinski definition) is 2. The van der Waals surface area contributed by atoms with Crippen LogP contribution in [0.1, 0.15) is 18.9 Å². The van der Waals surface area contributed by atoms with Crippen LogP contribution in [0.3, 0.4) is 0 Å². The lowest BCUT2D eigenvalue weighted by Gasteiger charge is -2.32. The van der Waals surface area contributed by atoms with Crippen LogP contribution >= 0.6 is 0 Å². The second-order valence-electron chi connectivity index (χ2n) is 4.50. The zero-order valence-corrected chi connectivity index (χ0v) is 11.2. The van der Waals surface area contributed by atoms with Gasteiger partial charge in [-0.1, -0.05) is 19.6 Å². The number of nitrogens with zero attached hydrogens (tertiary/aromatic N) is 2. The minimum atomic E-state index is -0.903. The summed E-state index contributed by atoms with van der Waals surface area (Å²) < 4.78 is 26.8. The van der Waals surface area contributed by atoms with Crippen molar-refractivity contribution in [2.75, 3.05) is 13.6 Å². The Labute approximate surface area is 112 Å². The second kappa shape index (κ2) is 6.43. The molecule has 0 saturated carbocycles. The number of benzene rings is 1. The molecule has 0 heterocycles. The molecule has 2 N–H and O–H groups in total. The largest absolute Gasteiger partial charge is 0.363 e. The molecule has 1 rings (SSSR count). The van der Waals surface area contributed by atoms with Crippen LogP contribution in [0.25, 0.3) is 0 Å².